The minimum Gasteiger partial charge on any atom is -0.507 e. The molecule has 0 atom stereocenters. The van der Waals surface area contributed by atoms with E-state index in [4.69, 9.17) is 10.6 Å². The Morgan fingerprint density at radius 3 is 1.87 bits per heavy atom. The average molecular weight is 519 g/mol. The number of carbonyl (C=O) groups excluding carboxylic acids is 3. The van der Waals surface area contributed by atoms with E-state index < -0.39 is 29.3 Å². The highest BCUT2D eigenvalue weighted by Gasteiger charge is 2.30. The second-order valence-corrected chi connectivity index (χ2v) is 11.2. The highest BCUT2D eigenvalue weighted by molar-refractivity contribution is 6.10. The Morgan fingerprint density at radius 2 is 1.37 bits per heavy atom. The summed E-state index contributed by atoms with van der Waals surface area (Å²) in [6.45, 7) is 10.9. The quantitative estimate of drug-likeness (QED) is 0.184. The fourth-order valence-corrected chi connectivity index (χ4v) is 3.91. The van der Waals surface area contributed by atoms with Crippen LogP contribution in [0.2, 0.25) is 0 Å². The molecule has 3 aromatic carbocycles. The van der Waals surface area contributed by atoms with E-state index in [1.807, 2.05) is 41.5 Å². The number of nitrogens with zero attached hydrogens (tertiary/aromatic N) is 1. The molecule has 3 rings (SSSR count). The van der Waals surface area contributed by atoms with Gasteiger partial charge in [0.1, 0.15) is 17.2 Å². The number of rotatable bonds is 6. The molecule has 4 N–H and O–H groups in total. The van der Waals surface area contributed by atoms with E-state index in [1.54, 1.807) is 42.5 Å². The summed E-state index contributed by atoms with van der Waals surface area (Å²) >= 11 is 0. The monoisotopic (exact) mass is 518 g/mol. The summed E-state index contributed by atoms with van der Waals surface area (Å²) in [5.41, 5.74) is 0.850. The Morgan fingerprint density at radius 1 is 0.816 bits per heavy atom. The molecule has 0 aliphatic carbocycles. The first-order valence-corrected chi connectivity index (χ1v) is 12.2. The number of amides is 2. The lowest BCUT2D eigenvalue weighted by Crippen LogP contribution is -2.45. The van der Waals surface area contributed by atoms with Crippen LogP contribution in [0.1, 0.15) is 78.9 Å². The topological polar surface area (TPSA) is 130 Å². The summed E-state index contributed by atoms with van der Waals surface area (Å²) in [5, 5.41) is 21.7. The minimum absolute atomic E-state index is 0.0853. The van der Waals surface area contributed by atoms with Crippen LogP contribution in [0.4, 0.5) is 0 Å². The maximum absolute atomic E-state index is 13.1. The lowest BCUT2D eigenvalue weighted by Gasteiger charge is -2.28. The molecule has 0 aliphatic rings. The van der Waals surface area contributed by atoms with Gasteiger partial charge < -0.3 is 14.9 Å². The van der Waals surface area contributed by atoms with Gasteiger partial charge in [-0.1, -0.05) is 71.9 Å². The fraction of sp³-hybridized carbons (Fsp3) is 0.300. The first kappa shape index (κ1) is 28.4. The third-order valence-corrected chi connectivity index (χ3v) is 6.07. The molecule has 38 heavy (non-hydrogen) atoms. The van der Waals surface area contributed by atoms with Crippen LogP contribution in [-0.4, -0.2) is 39.4 Å². The van der Waals surface area contributed by atoms with Crippen molar-refractivity contribution in [3.8, 4) is 17.2 Å². The van der Waals surface area contributed by atoms with Crippen LogP contribution in [0.15, 0.2) is 60.7 Å². The zero-order valence-electron chi connectivity index (χ0n) is 22.5. The van der Waals surface area contributed by atoms with Gasteiger partial charge in [-0.15, -0.1) is 0 Å². The van der Waals surface area contributed by atoms with Crippen molar-refractivity contribution >= 4 is 17.6 Å². The number of aromatic hydroxyl groups is 2. The van der Waals surface area contributed by atoms with Crippen molar-refractivity contribution in [1.82, 2.24) is 5.01 Å². The molecular formula is C30H34N2O6. The normalized spacial score (nSPS) is 11.7. The van der Waals surface area contributed by atoms with E-state index in [1.165, 1.54) is 18.2 Å². The van der Waals surface area contributed by atoms with Crippen LogP contribution in [0.25, 0.3) is 0 Å². The number of imide groups is 1. The molecule has 0 heterocycles. The molecule has 8 heteroatoms. The molecular weight excluding hydrogens is 484 g/mol. The molecule has 2 amide bonds. The Kier molecular flexibility index (Phi) is 7.98. The van der Waals surface area contributed by atoms with Gasteiger partial charge in [-0.05, 0) is 35.1 Å². The first-order valence-electron chi connectivity index (χ1n) is 12.2. The van der Waals surface area contributed by atoms with Crippen LogP contribution in [-0.2, 0) is 15.6 Å². The van der Waals surface area contributed by atoms with Crippen LogP contribution in [0.5, 0.6) is 17.2 Å². The predicted molar refractivity (Wildman–Crippen MR) is 144 cm³/mol. The summed E-state index contributed by atoms with van der Waals surface area (Å²) in [7, 11) is 0. The lowest BCUT2D eigenvalue weighted by molar-refractivity contribution is -0.131. The number of phenols is 2. The molecule has 0 radical (unpaired) electrons. The van der Waals surface area contributed by atoms with Crippen molar-refractivity contribution in [2.45, 2.75) is 52.4 Å². The number of carbonyl (C=O) groups is 3. The molecule has 0 aromatic heterocycles. The number of hydrazine groups is 1. The lowest BCUT2D eigenvalue weighted by atomic mass is 9.78. The minimum atomic E-state index is -0.818. The number of ketones is 1. The van der Waals surface area contributed by atoms with Gasteiger partial charge in [0.25, 0.3) is 11.8 Å². The smallest absolute Gasteiger partial charge is 0.281 e. The predicted octanol–water partition coefficient (Wildman–Crippen LogP) is 4.85. The van der Waals surface area contributed by atoms with Crippen molar-refractivity contribution in [1.29, 1.82) is 0 Å². The largest absolute Gasteiger partial charge is 0.507 e. The van der Waals surface area contributed by atoms with Gasteiger partial charge >= 0.3 is 0 Å². The molecule has 0 saturated carbocycles. The van der Waals surface area contributed by atoms with Crippen LogP contribution in [0, 0.1) is 0 Å². The van der Waals surface area contributed by atoms with Gasteiger partial charge in [0, 0.05) is 28.3 Å². The SMILES string of the molecule is CC(C)(C)c1cc(C(=O)N(N)C(=O)COc2ccc(C(=O)c3ccccc3)c(O)c2)cc(C(C)(C)C)c1O. The standard InChI is InChI=1S/C30H34N2O6/c1-29(2,3)22-14-19(15-23(27(22)36)30(4,5)6)28(37)32(31)25(34)17-38-20-12-13-21(24(33)16-20)26(35)18-10-8-7-9-11-18/h7-16,33,36H,17,31H2,1-6H3. The van der Waals surface area contributed by atoms with Crippen molar-refractivity contribution < 1.29 is 29.3 Å². The van der Waals surface area contributed by atoms with Crippen LogP contribution < -0.4 is 10.6 Å². The highest BCUT2D eigenvalue weighted by atomic mass is 16.5. The Labute approximate surface area is 222 Å². The van der Waals surface area contributed by atoms with Gasteiger partial charge in [-0.2, -0.15) is 0 Å². The van der Waals surface area contributed by atoms with Gasteiger partial charge in [0.05, 0.1) is 5.56 Å². The Bertz CT molecular complexity index is 1330. The first-order chi connectivity index (χ1) is 17.6. The van der Waals surface area contributed by atoms with E-state index in [2.05, 4.69) is 0 Å². The zero-order chi connectivity index (χ0) is 28.4. The van der Waals surface area contributed by atoms with Gasteiger partial charge in [0.2, 0.25) is 0 Å². The van der Waals surface area contributed by atoms with Crippen LogP contribution in [0.3, 0.4) is 0 Å². The summed E-state index contributed by atoms with van der Waals surface area (Å²) < 4.78 is 5.44. The maximum Gasteiger partial charge on any atom is 0.281 e. The molecule has 0 unspecified atom stereocenters. The zero-order valence-corrected chi connectivity index (χ0v) is 22.5. The molecule has 0 saturated heterocycles. The molecule has 0 fully saturated rings. The number of ether oxygens (including phenoxy) is 1. The van der Waals surface area contributed by atoms with Crippen molar-refractivity contribution in [2.24, 2.45) is 5.84 Å². The van der Waals surface area contributed by atoms with Gasteiger partial charge in [-0.25, -0.2) is 10.9 Å². The third kappa shape index (κ3) is 6.20. The van der Waals surface area contributed by atoms with Crippen molar-refractivity contribution in [2.75, 3.05) is 6.61 Å². The fourth-order valence-electron chi connectivity index (χ4n) is 3.91. The van der Waals surface area contributed by atoms with E-state index in [0.29, 0.717) is 21.7 Å². The summed E-state index contributed by atoms with van der Waals surface area (Å²) in [6, 6.07) is 15.6. The summed E-state index contributed by atoms with van der Waals surface area (Å²) in [5.74, 6) is 3.86. The van der Waals surface area contributed by atoms with Crippen molar-refractivity contribution in [3.63, 3.8) is 0 Å². The van der Waals surface area contributed by atoms with E-state index in [9.17, 15) is 24.6 Å². The Balaban J connectivity index is 1.76. The number of nitrogens with two attached hydrogens (primary N) is 1. The van der Waals surface area contributed by atoms with Gasteiger partial charge in [0.15, 0.2) is 12.4 Å². The van der Waals surface area contributed by atoms with E-state index in [-0.39, 0.29) is 34.2 Å². The average Bonchev–Trinajstić information content (AvgIpc) is 2.85. The molecule has 200 valence electrons. The number of benzene rings is 3. The highest BCUT2D eigenvalue weighted by Crippen LogP contribution is 2.40. The van der Waals surface area contributed by atoms with E-state index in [0.717, 1.165) is 0 Å². The molecule has 0 bridgehead atoms. The third-order valence-electron chi connectivity index (χ3n) is 6.07. The Hall–Kier alpha value is -4.17. The maximum atomic E-state index is 13.1. The molecule has 8 nitrogen and oxygen atoms in total. The molecule has 3 aromatic rings. The number of hydrogen-bond donors (Lipinski definition) is 3. The van der Waals surface area contributed by atoms with E-state index >= 15 is 0 Å². The summed E-state index contributed by atoms with van der Waals surface area (Å²) in [6.07, 6.45) is 0. The second kappa shape index (κ2) is 10.7. The van der Waals surface area contributed by atoms with Gasteiger partial charge in [-0.3, -0.25) is 14.4 Å². The van der Waals surface area contributed by atoms with Crippen LogP contribution >= 0.6 is 0 Å². The number of hydrogen-bond acceptors (Lipinski definition) is 7. The molecule has 0 spiro atoms. The number of phenolic OH excluding ortho intramolecular Hbond substituents is 2. The van der Waals surface area contributed by atoms with Crippen molar-refractivity contribution in [3.05, 3.63) is 88.5 Å². The second-order valence-electron chi connectivity index (χ2n) is 11.2. The molecule has 0 aliphatic heterocycles. The summed E-state index contributed by atoms with van der Waals surface area (Å²) in [4.78, 5) is 38.4.